The molecule has 3 N–H and O–H groups in total. The van der Waals surface area contributed by atoms with Crippen LogP contribution in [0, 0.1) is 5.41 Å². The Hall–Kier alpha value is -4.93. The van der Waals surface area contributed by atoms with Gasteiger partial charge in [0.2, 0.25) is 0 Å². The van der Waals surface area contributed by atoms with Crippen LogP contribution in [0.4, 0.5) is 36.1 Å². The predicted molar refractivity (Wildman–Crippen MR) is 129 cm³/mol. The van der Waals surface area contributed by atoms with E-state index in [1.165, 1.54) is 24.7 Å². The summed E-state index contributed by atoms with van der Waals surface area (Å²) in [4.78, 5) is 29.5. The number of alkyl halides is 3. The molecule has 0 saturated heterocycles. The van der Waals surface area contributed by atoms with Crippen molar-refractivity contribution in [3.05, 3.63) is 90.0 Å². The molecule has 2 aromatic carbocycles. The van der Waals surface area contributed by atoms with E-state index in [0.29, 0.717) is 39.8 Å². The molecular formula is C25H16F3N7O. The van der Waals surface area contributed by atoms with Crippen LogP contribution in [0.3, 0.4) is 0 Å². The maximum Gasteiger partial charge on any atom is 0.416 e. The molecule has 0 radical (unpaired) electrons. The minimum atomic E-state index is -4.53. The quantitative estimate of drug-likeness (QED) is 0.337. The molecule has 0 unspecified atom stereocenters. The molecule has 1 aliphatic heterocycles. The van der Waals surface area contributed by atoms with Gasteiger partial charge in [0.1, 0.15) is 34.9 Å². The second-order valence-corrected chi connectivity index (χ2v) is 7.73. The third-order valence-corrected chi connectivity index (χ3v) is 5.32. The zero-order valence-electron chi connectivity index (χ0n) is 18.3. The normalized spacial score (nSPS) is 12.4. The molecule has 0 atom stereocenters. The van der Waals surface area contributed by atoms with Crippen LogP contribution >= 0.6 is 0 Å². The van der Waals surface area contributed by atoms with Crippen molar-refractivity contribution in [2.45, 2.75) is 6.18 Å². The number of rotatable bonds is 5. The number of pyridine rings is 1. The van der Waals surface area contributed by atoms with Gasteiger partial charge in [0, 0.05) is 28.7 Å². The van der Waals surface area contributed by atoms with E-state index in [0.717, 1.165) is 12.1 Å². The number of anilines is 3. The number of aromatic nitrogens is 3. The minimum Gasteiger partial charge on any atom is -0.340 e. The molecule has 1 aliphatic rings. The summed E-state index contributed by atoms with van der Waals surface area (Å²) >= 11 is 0. The van der Waals surface area contributed by atoms with Gasteiger partial charge in [-0.15, -0.1) is 0 Å². The SMILES string of the molecule is N=C1C=Nc2c1ncnc2-c1cccnc1Nc1ccc(NC(=O)c2cccc(C(F)(F)F)c2)cc1. The topological polar surface area (TPSA) is 116 Å². The number of carbonyl (C=O) groups excluding carboxylic acids is 1. The van der Waals surface area contributed by atoms with Crippen molar-refractivity contribution in [2.24, 2.45) is 4.99 Å². The Morgan fingerprint density at radius 2 is 1.64 bits per heavy atom. The molecular weight excluding hydrogens is 471 g/mol. The summed E-state index contributed by atoms with van der Waals surface area (Å²) in [6.07, 6.45) is -0.134. The summed E-state index contributed by atoms with van der Waals surface area (Å²) in [5.41, 5.74) is 2.39. The number of nitrogens with one attached hydrogen (secondary N) is 3. The third kappa shape index (κ3) is 4.53. The highest BCUT2D eigenvalue weighted by atomic mass is 19.4. The lowest BCUT2D eigenvalue weighted by Crippen LogP contribution is -2.13. The molecule has 0 saturated carbocycles. The van der Waals surface area contributed by atoms with E-state index < -0.39 is 17.6 Å². The fourth-order valence-electron chi connectivity index (χ4n) is 3.60. The van der Waals surface area contributed by atoms with Gasteiger partial charge in [-0.25, -0.2) is 19.9 Å². The number of fused-ring (bicyclic) bond motifs is 1. The van der Waals surface area contributed by atoms with Crippen LogP contribution in [0.2, 0.25) is 0 Å². The smallest absolute Gasteiger partial charge is 0.340 e. The molecule has 3 heterocycles. The monoisotopic (exact) mass is 487 g/mol. The summed E-state index contributed by atoms with van der Waals surface area (Å²) in [7, 11) is 0. The Labute approximate surface area is 202 Å². The van der Waals surface area contributed by atoms with E-state index in [-0.39, 0.29) is 11.3 Å². The first-order valence-electron chi connectivity index (χ1n) is 10.6. The standard InChI is InChI=1S/C25H16F3N7O/c26-25(27,28)15-4-1-3-14(11-15)24(36)35-17-8-6-16(7-9-17)34-23-18(5-2-10-30-23)20-22-21(33-13-32-20)19(29)12-31-22/h1-13,29H,(H,30,34)(H,35,36). The molecule has 2 aromatic heterocycles. The van der Waals surface area contributed by atoms with Gasteiger partial charge in [-0.1, -0.05) is 6.07 Å². The summed E-state index contributed by atoms with van der Waals surface area (Å²) in [5, 5.41) is 13.7. The van der Waals surface area contributed by atoms with Crippen molar-refractivity contribution in [3.63, 3.8) is 0 Å². The summed E-state index contributed by atoms with van der Waals surface area (Å²) in [6, 6.07) is 14.4. The van der Waals surface area contributed by atoms with Crippen LogP contribution in [-0.2, 0) is 6.18 Å². The van der Waals surface area contributed by atoms with Crippen molar-refractivity contribution < 1.29 is 18.0 Å². The number of nitrogens with zero attached hydrogens (tertiary/aromatic N) is 4. The van der Waals surface area contributed by atoms with Crippen molar-refractivity contribution >= 4 is 40.7 Å². The molecule has 4 aromatic rings. The Kier molecular flexibility index (Phi) is 5.72. The Bertz CT molecular complexity index is 1520. The molecule has 5 rings (SSSR count). The number of benzene rings is 2. The zero-order chi connectivity index (χ0) is 25.3. The molecule has 0 aliphatic carbocycles. The largest absolute Gasteiger partial charge is 0.416 e. The Morgan fingerprint density at radius 1 is 0.889 bits per heavy atom. The van der Waals surface area contributed by atoms with Crippen molar-refractivity contribution in [3.8, 4) is 11.3 Å². The molecule has 0 fully saturated rings. The van der Waals surface area contributed by atoms with Crippen LogP contribution < -0.4 is 10.6 Å². The van der Waals surface area contributed by atoms with Crippen LogP contribution in [0.5, 0.6) is 0 Å². The predicted octanol–water partition coefficient (Wildman–Crippen LogP) is 5.64. The molecule has 0 bridgehead atoms. The highest BCUT2D eigenvalue weighted by Crippen LogP contribution is 2.37. The molecule has 36 heavy (non-hydrogen) atoms. The van der Waals surface area contributed by atoms with Crippen molar-refractivity contribution in [1.29, 1.82) is 5.41 Å². The molecule has 8 nitrogen and oxygen atoms in total. The number of amides is 1. The van der Waals surface area contributed by atoms with Crippen LogP contribution in [0.15, 0.2) is 78.2 Å². The average molecular weight is 487 g/mol. The first kappa shape index (κ1) is 22.8. The number of halogens is 3. The summed E-state index contributed by atoms with van der Waals surface area (Å²) in [6.45, 7) is 0. The minimum absolute atomic E-state index is 0.0988. The Balaban J connectivity index is 1.34. The van der Waals surface area contributed by atoms with Gasteiger partial charge in [0.25, 0.3) is 5.91 Å². The zero-order valence-corrected chi connectivity index (χ0v) is 18.3. The maximum atomic E-state index is 12.9. The lowest BCUT2D eigenvalue weighted by atomic mass is 10.1. The fourth-order valence-corrected chi connectivity index (χ4v) is 3.60. The van der Waals surface area contributed by atoms with E-state index in [4.69, 9.17) is 5.41 Å². The Morgan fingerprint density at radius 3 is 2.42 bits per heavy atom. The first-order valence-corrected chi connectivity index (χ1v) is 10.6. The van der Waals surface area contributed by atoms with Crippen LogP contribution in [0.1, 0.15) is 21.6 Å². The van der Waals surface area contributed by atoms with Gasteiger partial charge in [-0.3, -0.25) is 10.2 Å². The number of hydrogen-bond donors (Lipinski definition) is 3. The molecule has 0 spiro atoms. The van der Waals surface area contributed by atoms with Gasteiger partial charge in [0.05, 0.1) is 11.8 Å². The second-order valence-electron chi connectivity index (χ2n) is 7.73. The second kappa shape index (κ2) is 9.02. The van der Waals surface area contributed by atoms with E-state index in [9.17, 15) is 18.0 Å². The summed E-state index contributed by atoms with van der Waals surface area (Å²) in [5.74, 6) is -0.162. The summed E-state index contributed by atoms with van der Waals surface area (Å²) < 4.78 is 38.8. The highest BCUT2D eigenvalue weighted by molar-refractivity contribution is 6.41. The van der Waals surface area contributed by atoms with E-state index in [1.807, 2.05) is 6.07 Å². The number of carbonyl (C=O) groups is 1. The van der Waals surface area contributed by atoms with Gasteiger partial charge in [-0.2, -0.15) is 13.2 Å². The first-order chi connectivity index (χ1) is 17.3. The molecule has 178 valence electrons. The maximum absolute atomic E-state index is 12.9. The van der Waals surface area contributed by atoms with Gasteiger partial charge in [-0.05, 0) is 54.6 Å². The fraction of sp³-hybridized carbons (Fsp3) is 0.0400. The van der Waals surface area contributed by atoms with E-state index in [2.05, 4.69) is 30.6 Å². The highest BCUT2D eigenvalue weighted by Gasteiger charge is 2.31. The third-order valence-electron chi connectivity index (χ3n) is 5.32. The van der Waals surface area contributed by atoms with Gasteiger partial charge >= 0.3 is 6.18 Å². The van der Waals surface area contributed by atoms with Crippen molar-refractivity contribution in [2.75, 3.05) is 10.6 Å². The van der Waals surface area contributed by atoms with Gasteiger partial charge in [0.15, 0.2) is 0 Å². The lowest BCUT2D eigenvalue weighted by Gasteiger charge is -2.13. The van der Waals surface area contributed by atoms with Crippen LogP contribution in [-0.4, -0.2) is 32.8 Å². The van der Waals surface area contributed by atoms with E-state index in [1.54, 1.807) is 36.5 Å². The van der Waals surface area contributed by atoms with Gasteiger partial charge < -0.3 is 10.6 Å². The lowest BCUT2D eigenvalue weighted by molar-refractivity contribution is -0.137. The van der Waals surface area contributed by atoms with Crippen molar-refractivity contribution in [1.82, 2.24) is 15.0 Å². The van der Waals surface area contributed by atoms with E-state index >= 15 is 0 Å². The molecule has 1 amide bonds. The molecule has 11 heteroatoms. The van der Waals surface area contributed by atoms with Crippen LogP contribution in [0.25, 0.3) is 11.3 Å². The average Bonchev–Trinajstić information content (AvgIpc) is 3.26. The number of aliphatic imine (C=N–C) groups is 1. The number of hydrogen-bond acceptors (Lipinski definition) is 7.